The summed E-state index contributed by atoms with van der Waals surface area (Å²) in [6, 6.07) is 13.6. The predicted molar refractivity (Wildman–Crippen MR) is 107 cm³/mol. The Balaban J connectivity index is 1.49. The molecule has 0 spiro atoms. The Morgan fingerprint density at radius 3 is 2.86 bits per heavy atom. The number of furan rings is 1. The first-order valence-corrected chi connectivity index (χ1v) is 9.57. The van der Waals surface area contributed by atoms with Gasteiger partial charge >= 0.3 is 5.63 Å². The molecule has 7 nitrogen and oxygen atoms in total. The summed E-state index contributed by atoms with van der Waals surface area (Å²) in [5.74, 6) is 0.337. The van der Waals surface area contributed by atoms with Crippen LogP contribution in [0.5, 0.6) is 5.75 Å². The molecule has 0 radical (unpaired) electrons. The highest BCUT2D eigenvalue weighted by Gasteiger charge is 2.18. The minimum Gasteiger partial charge on any atom is -0.493 e. The third-order valence-electron chi connectivity index (χ3n) is 4.38. The van der Waals surface area contributed by atoms with Gasteiger partial charge in [0.2, 0.25) is 0 Å². The smallest absolute Gasteiger partial charge is 0.349 e. The molecule has 0 saturated heterocycles. The average molecular weight is 411 g/mol. The standard InChI is InChI=1S/C21H17NO6S/c1-26-16-5-2-4-12-10-14(21(25)28-19(12)16)20(24)22-11-13-7-8-17(29-13)18(23)15-6-3-9-27-15/h2-10,18,23H,11H2,1H3,(H,22,24). The number of hydrogen-bond acceptors (Lipinski definition) is 7. The van der Waals surface area contributed by atoms with Crippen molar-refractivity contribution in [1.29, 1.82) is 0 Å². The summed E-state index contributed by atoms with van der Waals surface area (Å²) in [5.41, 5.74) is -0.524. The van der Waals surface area contributed by atoms with Crippen LogP contribution >= 0.6 is 11.3 Å². The van der Waals surface area contributed by atoms with E-state index in [9.17, 15) is 14.7 Å². The normalized spacial score (nSPS) is 12.1. The molecular formula is C21H17NO6S. The molecular weight excluding hydrogens is 394 g/mol. The van der Waals surface area contributed by atoms with E-state index in [1.165, 1.54) is 30.8 Å². The fourth-order valence-corrected chi connectivity index (χ4v) is 3.87. The molecule has 1 aromatic carbocycles. The molecule has 2 N–H and O–H groups in total. The molecule has 0 aliphatic heterocycles. The van der Waals surface area contributed by atoms with Gasteiger partial charge in [0.1, 0.15) is 17.4 Å². The van der Waals surface area contributed by atoms with Crippen LogP contribution in [0.3, 0.4) is 0 Å². The molecule has 4 rings (SSSR count). The van der Waals surface area contributed by atoms with Crippen LogP contribution in [0.15, 0.2) is 68.4 Å². The molecule has 0 aliphatic carbocycles. The van der Waals surface area contributed by atoms with Gasteiger partial charge in [0.05, 0.1) is 19.9 Å². The average Bonchev–Trinajstić information content (AvgIpc) is 3.43. The molecule has 1 unspecified atom stereocenters. The van der Waals surface area contributed by atoms with Gasteiger partial charge in [-0.15, -0.1) is 11.3 Å². The van der Waals surface area contributed by atoms with Crippen LogP contribution < -0.4 is 15.7 Å². The molecule has 0 saturated carbocycles. The lowest BCUT2D eigenvalue weighted by Gasteiger charge is -2.06. The summed E-state index contributed by atoms with van der Waals surface area (Å²) < 4.78 is 15.7. The first-order chi connectivity index (χ1) is 14.1. The maximum Gasteiger partial charge on any atom is 0.349 e. The Morgan fingerprint density at radius 2 is 2.10 bits per heavy atom. The highest BCUT2D eigenvalue weighted by molar-refractivity contribution is 7.12. The topological polar surface area (TPSA) is 102 Å². The van der Waals surface area contributed by atoms with Crippen molar-refractivity contribution in [3.8, 4) is 5.75 Å². The number of ether oxygens (including phenoxy) is 1. The van der Waals surface area contributed by atoms with Crippen LogP contribution in [0.1, 0.15) is 32.0 Å². The molecule has 1 amide bonds. The third kappa shape index (κ3) is 3.80. The lowest BCUT2D eigenvalue weighted by Crippen LogP contribution is -2.27. The summed E-state index contributed by atoms with van der Waals surface area (Å²) >= 11 is 1.35. The van der Waals surface area contributed by atoms with E-state index in [-0.39, 0.29) is 12.1 Å². The van der Waals surface area contributed by atoms with Crippen LogP contribution in [-0.4, -0.2) is 18.1 Å². The van der Waals surface area contributed by atoms with E-state index in [0.717, 1.165) is 4.88 Å². The molecule has 3 heterocycles. The van der Waals surface area contributed by atoms with E-state index in [1.807, 2.05) is 0 Å². The van der Waals surface area contributed by atoms with E-state index >= 15 is 0 Å². The molecule has 0 aliphatic rings. The van der Waals surface area contributed by atoms with Crippen molar-refractivity contribution in [2.75, 3.05) is 7.11 Å². The van der Waals surface area contributed by atoms with Gasteiger partial charge in [0, 0.05) is 15.1 Å². The number of thiophene rings is 1. The van der Waals surface area contributed by atoms with Gasteiger partial charge in [0.15, 0.2) is 11.3 Å². The maximum atomic E-state index is 12.5. The van der Waals surface area contributed by atoms with Gasteiger partial charge in [0.25, 0.3) is 5.91 Å². The van der Waals surface area contributed by atoms with Gasteiger partial charge in [-0.05, 0) is 36.4 Å². The lowest BCUT2D eigenvalue weighted by atomic mass is 10.1. The number of benzene rings is 1. The molecule has 0 bridgehead atoms. The minimum absolute atomic E-state index is 0.0850. The molecule has 1 atom stereocenters. The van der Waals surface area contributed by atoms with Crippen molar-refractivity contribution < 1.29 is 23.5 Å². The predicted octanol–water partition coefficient (Wildman–Crippen LogP) is 3.47. The van der Waals surface area contributed by atoms with Crippen molar-refractivity contribution in [3.63, 3.8) is 0 Å². The third-order valence-corrected chi connectivity index (χ3v) is 5.51. The van der Waals surface area contributed by atoms with Crippen molar-refractivity contribution in [2.45, 2.75) is 12.6 Å². The summed E-state index contributed by atoms with van der Waals surface area (Å²) in [5, 5.41) is 13.6. The summed E-state index contributed by atoms with van der Waals surface area (Å²) in [6.45, 7) is 0.212. The van der Waals surface area contributed by atoms with Crippen LogP contribution in [-0.2, 0) is 6.54 Å². The van der Waals surface area contributed by atoms with E-state index in [4.69, 9.17) is 13.6 Å². The van der Waals surface area contributed by atoms with Gasteiger partial charge in [-0.1, -0.05) is 12.1 Å². The number of carbonyl (C=O) groups is 1. The summed E-state index contributed by atoms with van der Waals surface area (Å²) in [6.07, 6.45) is 0.639. The quantitative estimate of drug-likeness (QED) is 0.471. The number of aliphatic hydroxyl groups excluding tert-OH is 1. The number of para-hydroxylation sites is 1. The Labute approximate surface area is 169 Å². The number of amides is 1. The Morgan fingerprint density at radius 1 is 1.24 bits per heavy atom. The lowest BCUT2D eigenvalue weighted by molar-refractivity contribution is 0.0947. The fourth-order valence-electron chi connectivity index (χ4n) is 2.92. The number of fused-ring (bicyclic) bond motifs is 1. The SMILES string of the molecule is COc1cccc2cc(C(=O)NCc3ccc(C(O)c4ccco4)s3)c(=O)oc12. The summed E-state index contributed by atoms with van der Waals surface area (Å²) in [7, 11) is 1.48. The first-order valence-electron chi connectivity index (χ1n) is 8.76. The zero-order valence-corrected chi connectivity index (χ0v) is 16.2. The van der Waals surface area contributed by atoms with Gasteiger partial charge in [-0.3, -0.25) is 4.79 Å². The molecule has 8 heteroatoms. The second-order valence-corrected chi connectivity index (χ2v) is 7.43. The highest BCUT2D eigenvalue weighted by atomic mass is 32.1. The Bertz CT molecular complexity index is 1210. The zero-order chi connectivity index (χ0) is 20.4. The number of rotatable bonds is 6. The number of nitrogens with one attached hydrogen (secondary N) is 1. The molecule has 29 heavy (non-hydrogen) atoms. The van der Waals surface area contributed by atoms with Crippen molar-refractivity contribution in [1.82, 2.24) is 5.32 Å². The fraction of sp³-hybridized carbons (Fsp3) is 0.143. The van der Waals surface area contributed by atoms with Crippen molar-refractivity contribution >= 4 is 28.2 Å². The van der Waals surface area contributed by atoms with E-state index in [0.29, 0.717) is 27.4 Å². The molecule has 0 fully saturated rings. The monoisotopic (exact) mass is 411 g/mol. The number of aliphatic hydroxyl groups is 1. The van der Waals surface area contributed by atoms with E-state index in [2.05, 4.69) is 5.32 Å². The second kappa shape index (κ2) is 7.94. The number of methoxy groups -OCH3 is 1. The minimum atomic E-state index is -0.859. The summed E-state index contributed by atoms with van der Waals surface area (Å²) in [4.78, 5) is 26.3. The number of hydrogen-bond donors (Lipinski definition) is 2. The van der Waals surface area contributed by atoms with Gasteiger partial charge in [-0.2, -0.15) is 0 Å². The van der Waals surface area contributed by atoms with Gasteiger partial charge < -0.3 is 24.0 Å². The molecule has 3 aromatic heterocycles. The molecule has 4 aromatic rings. The van der Waals surface area contributed by atoms with Gasteiger partial charge in [-0.25, -0.2) is 4.79 Å². The largest absolute Gasteiger partial charge is 0.493 e. The van der Waals surface area contributed by atoms with Crippen LogP contribution in [0.25, 0.3) is 11.0 Å². The number of carbonyl (C=O) groups excluding carboxylic acids is 1. The maximum absolute atomic E-state index is 12.5. The first kappa shape index (κ1) is 19.0. The van der Waals surface area contributed by atoms with E-state index < -0.39 is 17.6 Å². The van der Waals surface area contributed by atoms with E-state index in [1.54, 1.807) is 42.5 Å². The van der Waals surface area contributed by atoms with Crippen LogP contribution in [0.4, 0.5) is 0 Å². The second-order valence-electron chi connectivity index (χ2n) is 6.23. The van der Waals surface area contributed by atoms with Crippen LogP contribution in [0.2, 0.25) is 0 Å². The highest BCUT2D eigenvalue weighted by Crippen LogP contribution is 2.29. The van der Waals surface area contributed by atoms with Crippen molar-refractivity contribution in [2.24, 2.45) is 0 Å². The Kier molecular flexibility index (Phi) is 5.20. The van der Waals surface area contributed by atoms with Crippen molar-refractivity contribution in [3.05, 3.63) is 86.3 Å². The Hall–Kier alpha value is -3.36. The molecule has 148 valence electrons. The zero-order valence-electron chi connectivity index (χ0n) is 15.4. The van der Waals surface area contributed by atoms with Crippen LogP contribution in [0, 0.1) is 0 Å².